The Morgan fingerprint density at radius 3 is 2.53 bits per heavy atom. The number of ether oxygens (including phenoxy) is 2. The zero-order valence-electron chi connectivity index (χ0n) is 20.9. The maximum Gasteiger partial charge on any atom is 0.338 e. The Morgan fingerprint density at radius 1 is 1.11 bits per heavy atom. The molecule has 0 aliphatic carbocycles. The number of hydrogen-bond donors (Lipinski definition) is 1. The van der Waals surface area contributed by atoms with E-state index in [0.29, 0.717) is 31.9 Å². The van der Waals surface area contributed by atoms with Gasteiger partial charge in [0.2, 0.25) is 0 Å². The summed E-state index contributed by atoms with van der Waals surface area (Å²) in [5.41, 5.74) is 1.89. The van der Waals surface area contributed by atoms with Gasteiger partial charge in [0, 0.05) is 5.56 Å². The highest BCUT2D eigenvalue weighted by atomic mass is 32.1. The molecule has 0 radical (unpaired) electrons. The maximum absolute atomic E-state index is 13.9. The number of esters is 1. The minimum Gasteiger partial charge on any atom is -0.496 e. The van der Waals surface area contributed by atoms with Crippen molar-refractivity contribution < 1.29 is 24.2 Å². The predicted molar refractivity (Wildman–Crippen MR) is 144 cm³/mol. The molecule has 0 amide bonds. The SMILES string of the molecule is CCOC(=O)C1=C(C)N=c2s/c(=C\c3ccc(C(=O)O)cc3)c(=O)n2[C@H]1c1c(OC)ccc2ccccc12. The molecule has 0 spiro atoms. The number of methoxy groups -OCH3 is 1. The fourth-order valence-corrected chi connectivity index (χ4v) is 5.72. The number of rotatable bonds is 6. The Morgan fingerprint density at radius 2 is 1.84 bits per heavy atom. The van der Waals surface area contributed by atoms with Crippen molar-refractivity contribution in [1.82, 2.24) is 4.57 Å². The van der Waals surface area contributed by atoms with E-state index in [9.17, 15) is 19.5 Å². The molecular weight excluding hydrogens is 504 g/mol. The van der Waals surface area contributed by atoms with Crippen molar-refractivity contribution >= 4 is 40.1 Å². The fourth-order valence-electron chi connectivity index (χ4n) is 4.67. The number of nitrogens with zero attached hydrogens (tertiary/aromatic N) is 2. The quantitative estimate of drug-likeness (QED) is 0.383. The summed E-state index contributed by atoms with van der Waals surface area (Å²) in [5.74, 6) is -1.04. The Labute approximate surface area is 221 Å². The van der Waals surface area contributed by atoms with Crippen LogP contribution < -0.4 is 19.6 Å². The van der Waals surface area contributed by atoms with Crippen molar-refractivity contribution in [2.75, 3.05) is 13.7 Å². The summed E-state index contributed by atoms with van der Waals surface area (Å²) < 4.78 is 13.1. The van der Waals surface area contributed by atoms with Crippen LogP contribution in [0.2, 0.25) is 0 Å². The predicted octanol–water partition coefficient (Wildman–Crippen LogP) is 3.66. The second-order valence-electron chi connectivity index (χ2n) is 8.63. The molecule has 0 bridgehead atoms. The van der Waals surface area contributed by atoms with Gasteiger partial charge in [-0.15, -0.1) is 0 Å². The number of aromatic carboxylic acids is 1. The maximum atomic E-state index is 13.9. The van der Waals surface area contributed by atoms with Gasteiger partial charge in [0.25, 0.3) is 5.56 Å². The van der Waals surface area contributed by atoms with Gasteiger partial charge in [-0.25, -0.2) is 14.6 Å². The largest absolute Gasteiger partial charge is 0.496 e. The molecule has 4 aromatic rings. The highest BCUT2D eigenvalue weighted by Gasteiger charge is 2.36. The number of thiazole rings is 1. The number of benzene rings is 3. The van der Waals surface area contributed by atoms with E-state index >= 15 is 0 Å². The van der Waals surface area contributed by atoms with Crippen molar-refractivity contribution in [3.05, 3.63) is 108 Å². The minimum absolute atomic E-state index is 0.154. The summed E-state index contributed by atoms with van der Waals surface area (Å²) in [7, 11) is 1.55. The summed E-state index contributed by atoms with van der Waals surface area (Å²) in [4.78, 5) is 43.5. The molecule has 0 saturated heterocycles. The number of carboxylic acids is 1. The van der Waals surface area contributed by atoms with E-state index in [1.807, 2.05) is 36.4 Å². The lowest BCUT2D eigenvalue weighted by molar-refractivity contribution is -0.139. The lowest BCUT2D eigenvalue weighted by atomic mass is 9.90. The molecule has 8 nitrogen and oxygen atoms in total. The third-order valence-electron chi connectivity index (χ3n) is 6.40. The van der Waals surface area contributed by atoms with Crippen LogP contribution in [-0.4, -0.2) is 35.3 Å². The van der Waals surface area contributed by atoms with Crippen LogP contribution in [0, 0.1) is 0 Å². The Bertz CT molecular complexity index is 1800. The first-order valence-corrected chi connectivity index (χ1v) is 12.7. The smallest absolute Gasteiger partial charge is 0.338 e. The van der Waals surface area contributed by atoms with Crippen LogP contribution in [0.5, 0.6) is 5.75 Å². The zero-order chi connectivity index (χ0) is 27.0. The van der Waals surface area contributed by atoms with Crippen molar-refractivity contribution in [3.8, 4) is 5.75 Å². The Hall–Kier alpha value is -4.50. The topological polar surface area (TPSA) is 107 Å². The van der Waals surface area contributed by atoms with Gasteiger partial charge in [-0.3, -0.25) is 9.36 Å². The van der Waals surface area contributed by atoms with Gasteiger partial charge in [-0.1, -0.05) is 53.8 Å². The molecule has 1 N–H and O–H groups in total. The fraction of sp³-hybridized carbons (Fsp3) is 0.172. The van der Waals surface area contributed by atoms with E-state index in [4.69, 9.17) is 9.47 Å². The first-order chi connectivity index (χ1) is 18.3. The first kappa shape index (κ1) is 25.2. The monoisotopic (exact) mass is 528 g/mol. The van der Waals surface area contributed by atoms with Crippen LogP contribution >= 0.6 is 11.3 Å². The van der Waals surface area contributed by atoms with Crippen LogP contribution in [-0.2, 0) is 9.53 Å². The van der Waals surface area contributed by atoms with Crippen molar-refractivity contribution in [2.24, 2.45) is 4.99 Å². The minimum atomic E-state index is -1.03. The zero-order valence-corrected chi connectivity index (χ0v) is 21.7. The van der Waals surface area contributed by atoms with Gasteiger partial charge < -0.3 is 14.6 Å². The number of allylic oxidation sites excluding steroid dienone is 1. The molecule has 38 heavy (non-hydrogen) atoms. The molecule has 0 unspecified atom stereocenters. The summed E-state index contributed by atoms with van der Waals surface area (Å²) >= 11 is 1.20. The van der Waals surface area contributed by atoms with Crippen LogP contribution in [0.4, 0.5) is 0 Å². The highest BCUT2D eigenvalue weighted by molar-refractivity contribution is 7.07. The van der Waals surface area contributed by atoms with Crippen LogP contribution in [0.3, 0.4) is 0 Å². The third kappa shape index (κ3) is 4.31. The lowest BCUT2D eigenvalue weighted by Crippen LogP contribution is -2.40. The average molecular weight is 529 g/mol. The molecule has 9 heteroatoms. The number of carbonyl (C=O) groups excluding carboxylic acids is 1. The van der Waals surface area contributed by atoms with E-state index in [2.05, 4.69) is 4.99 Å². The third-order valence-corrected chi connectivity index (χ3v) is 7.38. The van der Waals surface area contributed by atoms with Crippen LogP contribution in [0.1, 0.15) is 41.4 Å². The normalized spacial score (nSPS) is 15.2. The number of carbonyl (C=O) groups is 2. The van der Waals surface area contributed by atoms with Gasteiger partial charge in [0.1, 0.15) is 11.8 Å². The van der Waals surface area contributed by atoms with E-state index < -0.39 is 18.0 Å². The van der Waals surface area contributed by atoms with Crippen molar-refractivity contribution in [3.63, 3.8) is 0 Å². The molecule has 2 heterocycles. The van der Waals surface area contributed by atoms with Crippen LogP contribution in [0.25, 0.3) is 16.8 Å². The van der Waals surface area contributed by atoms with Crippen molar-refractivity contribution in [1.29, 1.82) is 0 Å². The molecule has 3 aromatic carbocycles. The van der Waals surface area contributed by atoms with Crippen LogP contribution in [0.15, 0.2) is 81.7 Å². The number of hydrogen-bond acceptors (Lipinski definition) is 7. The van der Waals surface area contributed by atoms with Gasteiger partial charge >= 0.3 is 11.9 Å². The van der Waals surface area contributed by atoms with E-state index in [-0.39, 0.29) is 23.3 Å². The van der Waals surface area contributed by atoms with E-state index in [1.165, 1.54) is 28.0 Å². The second kappa shape index (κ2) is 10.1. The van der Waals surface area contributed by atoms with Crippen molar-refractivity contribution in [2.45, 2.75) is 19.9 Å². The molecular formula is C29H24N2O6S. The molecule has 1 atom stereocenters. The summed E-state index contributed by atoms with van der Waals surface area (Å²) in [6, 6.07) is 16.9. The number of carboxylic acid groups (broad SMARTS) is 1. The summed E-state index contributed by atoms with van der Waals surface area (Å²) in [6.07, 6.45) is 1.69. The van der Waals surface area contributed by atoms with Gasteiger partial charge in [0.05, 0.1) is 35.1 Å². The summed E-state index contributed by atoms with van der Waals surface area (Å²) in [6.45, 7) is 3.64. The van der Waals surface area contributed by atoms with E-state index in [1.54, 1.807) is 39.2 Å². The Balaban J connectivity index is 1.80. The molecule has 1 aliphatic rings. The Kier molecular flexibility index (Phi) is 6.69. The molecule has 0 fully saturated rings. The molecule has 192 valence electrons. The second-order valence-corrected chi connectivity index (χ2v) is 9.64. The first-order valence-electron chi connectivity index (χ1n) is 11.9. The molecule has 0 saturated carbocycles. The molecule has 1 aromatic heterocycles. The highest BCUT2D eigenvalue weighted by Crippen LogP contribution is 2.40. The van der Waals surface area contributed by atoms with E-state index in [0.717, 1.165) is 10.8 Å². The van der Waals surface area contributed by atoms with Gasteiger partial charge in [0.15, 0.2) is 4.80 Å². The van der Waals surface area contributed by atoms with Gasteiger partial charge in [-0.05, 0) is 54.5 Å². The average Bonchev–Trinajstić information content (AvgIpc) is 3.21. The standard InChI is InChI=1S/C29H24N2O6S/c1-4-37-28(35)23-16(2)30-29-31(25(23)24-20-8-6-5-7-18(20)13-14-21(24)36-3)26(32)22(38-29)15-17-9-11-19(12-10-17)27(33)34/h5-15,25H,4H2,1-3H3,(H,33,34)/b22-15-/t25-/m1/s1. The molecule has 1 aliphatic heterocycles. The summed E-state index contributed by atoms with van der Waals surface area (Å²) in [5, 5.41) is 11.0. The number of aromatic nitrogens is 1. The number of fused-ring (bicyclic) bond motifs is 2. The lowest BCUT2D eigenvalue weighted by Gasteiger charge is -2.27. The van der Waals surface area contributed by atoms with Gasteiger partial charge in [-0.2, -0.15) is 0 Å². The molecule has 5 rings (SSSR count).